The predicted molar refractivity (Wildman–Crippen MR) is 124 cm³/mol. The Kier molecular flexibility index (Phi) is 8.27. The minimum atomic E-state index is -1.21. The van der Waals surface area contributed by atoms with E-state index < -0.39 is 11.9 Å². The molecule has 3 rings (SSSR count). The Hall–Kier alpha value is -2.70. The van der Waals surface area contributed by atoms with E-state index in [-0.39, 0.29) is 39.6 Å². The van der Waals surface area contributed by atoms with Gasteiger partial charge in [-0.3, -0.25) is 9.59 Å². The first-order valence-electron chi connectivity index (χ1n) is 10.7. The van der Waals surface area contributed by atoms with Gasteiger partial charge in [-0.25, -0.2) is 14.8 Å². The molecule has 0 radical (unpaired) electrons. The van der Waals surface area contributed by atoms with Crippen molar-refractivity contribution in [1.82, 2.24) is 25.6 Å². The monoisotopic (exact) mass is 498 g/mol. The van der Waals surface area contributed by atoms with Gasteiger partial charge in [-0.15, -0.1) is 0 Å². The first-order valence-corrected chi connectivity index (χ1v) is 11.9. The normalized spacial score (nSPS) is 18.2. The van der Waals surface area contributed by atoms with Gasteiger partial charge in [-0.05, 0) is 19.3 Å². The number of imidazole rings is 1. The third kappa shape index (κ3) is 5.63. The maximum atomic E-state index is 12.7. The van der Waals surface area contributed by atoms with Crippen LogP contribution in [0.4, 0.5) is 5.13 Å². The molecule has 1 saturated heterocycles. The van der Waals surface area contributed by atoms with Gasteiger partial charge in [0, 0.05) is 26.7 Å². The number of hydrogen-bond donors (Lipinski definition) is 4. The van der Waals surface area contributed by atoms with E-state index in [0.717, 1.165) is 17.8 Å². The van der Waals surface area contributed by atoms with Crippen molar-refractivity contribution in [2.75, 3.05) is 31.6 Å². The molecule has 1 aliphatic heterocycles. The van der Waals surface area contributed by atoms with E-state index in [9.17, 15) is 19.5 Å². The van der Waals surface area contributed by atoms with Gasteiger partial charge in [0.15, 0.2) is 21.8 Å². The number of H-pyrrole nitrogens is 1. The van der Waals surface area contributed by atoms with Crippen molar-refractivity contribution in [3.05, 3.63) is 27.2 Å². The second kappa shape index (κ2) is 10.9. The SMILES string of the molecule is CCCO[C@@H]1CN(c2nc(C(=O)NC)c(C(=O)O)s2)CC[C@@H]1NC(=O)c1nc(Cl)c(CC)[nH]1. The fraction of sp³-hybridized carbons (Fsp3) is 0.550. The highest BCUT2D eigenvalue weighted by molar-refractivity contribution is 7.17. The first kappa shape index (κ1) is 24.9. The highest BCUT2D eigenvalue weighted by Crippen LogP contribution is 2.30. The highest BCUT2D eigenvalue weighted by Gasteiger charge is 2.34. The Bertz CT molecular complexity index is 1020. The minimum absolute atomic E-state index is 0.118. The zero-order valence-corrected chi connectivity index (χ0v) is 20.2. The summed E-state index contributed by atoms with van der Waals surface area (Å²) >= 11 is 7.00. The molecule has 33 heavy (non-hydrogen) atoms. The molecule has 0 unspecified atom stereocenters. The van der Waals surface area contributed by atoms with Crippen LogP contribution in [0.25, 0.3) is 0 Å². The van der Waals surface area contributed by atoms with E-state index >= 15 is 0 Å². The van der Waals surface area contributed by atoms with Crippen molar-refractivity contribution in [2.45, 2.75) is 45.3 Å². The number of carbonyl (C=O) groups is 3. The lowest BCUT2D eigenvalue weighted by molar-refractivity contribution is 0.0204. The Morgan fingerprint density at radius 1 is 1.30 bits per heavy atom. The number of aromatic amines is 1. The smallest absolute Gasteiger partial charge is 0.348 e. The van der Waals surface area contributed by atoms with Crippen molar-refractivity contribution in [1.29, 1.82) is 0 Å². The summed E-state index contributed by atoms with van der Waals surface area (Å²) in [7, 11) is 1.42. The molecule has 1 aliphatic rings. The summed E-state index contributed by atoms with van der Waals surface area (Å²) in [5.74, 6) is -1.99. The molecule has 11 nitrogen and oxygen atoms in total. The summed E-state index contributed by atoms with van der Waals surface area (Å²) in [5, 5.41) is 15.6. The molecule has 0 saturated carbocycles. The van der Waals surface area contributed by atoms with Crippen LogP contribution in [0.5, 0.6) is 0 Å². The van der Waals surface area contributed by atoms with Crippen LogP contribution in [0.3, 0.4) is 0 Å². The van der Waals surface area contributed by atoms with Gasteiger partial charge in [0.05, 0.1) is 17.8 Å². The van der Waals surface area contributed by atoms with Crippen LogP contribution >= 0.6 is 22.9 Å². The first-order chi connectivity index (χ1) is 15.8. The van der Waals surface area contributed by atoms with Gasteiger partial charge in [0.1, 0.15) is 4.88 Å². The average molecular weight is 499 g/mol. The Labute approximate surface area is 199 Å². The molecule has 2 amide bonds. The lowest BCUT2D eigenvalue weighted by atomic mass is 10.0. The minimum Gasteiger partial charge on any atom is -0.477 e. The number of aromatic nitrogens is 3. The van der Waals surface area contributed by atoms with E-state index in [1.165, 1.54) is 7.05 Å². The lowest BCUT2D eigenvalue weighted by Crippen LogP contribution is -2.55. The topological polar surface area (TPSA) is 150 Å². The number of ether oxygens (including phenoxy) is 1. The number of hydrogen-bond acceptors (Lipinski definition) is 8. The largest absolute Gasteiger partial charge is 0.477 e. The zero-order chi connectivity index (χ0) is 24.1. The summed E-state index contributed by atoms with van der Waals surface area (Å²) in [6.45, 7) is 5.27. The summed E-state index contributed by atoms with van der Waals surface area (Å²) in [5.41, 5.74) is 0.577. The van der Waals surface area contributed by atoms with Crippen LogP contribution in [0.15, 0.2) is 0 Å². The number of carboxylic acid groups (broad SMARTS) is 1. The van der Waals surface area contributed by atoms with Gasteiger partial charge >= 0.3 is 5.97 Å². The maximum absolute atomic E-state index is 12.7. The average Bonchev–Trinajstić information content (AvgIpc) is 3.42. The summed E-state index contributed by atoms with van der Waals surface area (Å²) in [6, 6.07) is -0.286. The molecular formula is C20H27ClN6O5S. The van der Waals surface area contributed by atoms with Gasteiger partial charge in [-0.1, -0.05) is 36.8 Å². The molecule has 0 aliphatic carbocycles. The number of nitrogens with zero attached hydrogens (tertiary/aromatic N) is 3. The number of amides is 2. The molecule has 2 aromatic rings. The summed E-state index contributed by atoms with van der Waals surface area (Å²) in [4.78, 5) is 49.5. The molecule has 1 fully saturated rings. The molecule has 0 bridgehead atoms. The fourth-order valence-electron chi connectivity index (χ4n) is 3.52. The molecule has 0 aromatic carbocycles. The number of rotatable bonds is 9. The van der Waals surface area contributed by atoms with Crippen molar-refractivity contribution in [3.63, 3.8) is 0 Å². The van der Waals surface area contributed by atoms with Gasteiger partial charge in [0.25, 0.3) is 11.8 Å². The fourth-order valence-corrected chi connectivity index (χ4v) is 4.72. The van der Waals surface area contributed by atoms with Crippen molar-refractivity contribution < 1.29 is 24.2 Å². The molecule has 3 heterocycles. The van der Waals surface area contributed by atoms with Crippen LogP contribution in [-0.4, -0.2) is 76.7 Å². The second-order valence-electron chi connectivity index (χ2n) is 7.49. The Morgan fingerprint density at radius 3 is 2.67 bits per heavy atom. The van der Waals surface area contributed by atoms with E-state index in [1.807, 2.05) is 18.7 Å². The molecule has 180 valence electrons. The number of carboxylic acids is 1. The van der Waals surface area contributed by atoms with Gasteiger partial charge in [-0.2, -0.15) is 0 Å². The van der Waals surface area contributed by atoms with Crippen molar-refractivity contribution in [3.8, 4) is 0 Å². The maximum Gasteiger partial charge on any atom is 0.348 e. The van der Waals surface area contributed by atoms with Crippen LogP contribution in [-0.2, 0) is 11.2 Å². The lowest BCUT2D eigenvalue weighted by Gasteiger charge is -2.38. The molecule has 4 N–H and O–H groups in total. The number of nitrogens with one attached hydrogen (secondary N) is 3. The van der Waals surface area contributed by atoms with Gasteiger partial charge < -0.3 is 30.4 Å². The second-order valence-corrected chi connectivity index (χ2v) is 8.83. The quantitative estimate of drug-likeness (QED) is 0.409. The summed E-state index contributed by atoms with van der Waals surface area (Å²) < 4.78 is 6.00. The standard InChI is InChI=1S/C20H27ClN6O5S/c1-4-8-32-12-9-27(20-25-13(17(28)22-3)14(33-20)19(30)31)7-6-11(12)24-18(29)16-23-10(5-2)15(21)26-16/h11-12H,4-9H2,1-3H3,(H,22,28)(H,23,26)(H,24,29)(H,30,31)/t11-,12+/m0/s1. The third-order valence-corrected chi connectivity index (χ3v) is 6.65. The molecule has 13 heteroatoms. The number of halogens is 1. The number of carbonyl (C=O) groups excluding carboxylic acids is 2. The summed E-state index contributed by atoms with van der Waals surface area (Å²) in [6.07, 6.45) is 1.60. The van der Waals surface area contributed by atoms with Crippen LogP contribution < -0.4 is 15.5 Å². The van der Waals surface area contributed by atoms with Crippen molar-refractivity contribution >= 4 is 45.9 Å². The molecule has 0 spiro atoms. The number of thiazole rings is 1. The molecule has 2 aromatic heterocycles. The predicted octanol–water partition coefficient (Wildman–Crippen LogP) is 1.94. The van der Waals surface area contributed by atoms with E-state index in [2.05, 4.69) is 25.6 Å². The number of aryl methyl sites for hydroxylation is 1. The zero-order valence-electron chi connectivity index (χ0n) is 18.6. The van der Waals surface area contributed by atoms with Gasteiger partial charge in [0.2, 0.25) is 0 Å². The Balaban J connectivity index is 1.77. The number of anilines is 1. The van der Waals surface area contributed by atoms with E-state index in [1.54, 1.807) is 0 Å². The molecular weight excluding hydrogens is 472 g/mol. The van der Waals surface area contributed by atoms with Crippen LogP contribution in [0, 0.1) is 0 Å². The van der Waals surface area contributed by atoms with E-state index in [0.29, 0.717) is 43.4 Å². The highest BCUT2D eigenvalue weighted by atomic mass is 35.5. The third-order valence-electron chi connectivity index (χ3n) is 5.23. The number of aromatic carboxylic acids is 1. The Morgan fingerprint density at radius 2 is 2.06 bits per heavy atom. The van der Waals surface area contributed by atoms with Crippen LogP contribution in [0.1, 0.15) is 63.2 Å². The number of piperidine rings is 1. The van der Waals surface area contributed by atoms with Crippen LogP contribution in [0.2, 0.25) is 5.15 Å². The van der Waals surface area contributed by atoms with Crippen molar-refractivity contribution in [2.24, 2.45) is 0 Å². The molecule has 2 atom stereocenters. The van der Waals surface area contributed by atoms with E-state index in [4.69, 9.17) is 16.3 Å².